The molecule has 0 N–H and O–H groups in total. The number of carbonyl (C=O) groups is 2. The van der Waals surface area contributed by atoms with Crippen LogP contribution in [-0.4, -0.2) is 36.7 Å². The Balaban J connectivity index is 1.58. The van der Waals surface area contributed by atoms with Crippen LogP contribution in [0.25, 0.3) is 0 Å². The van der Waals surface area contributed by atoms with Crippen molar-refractivity contribution in [3.8, 4) is 11.5 Å². The number of esters is 1. The van der Waals surface area contributed by atoms with Crippen LogP contribution in [0.15, 0.2) is 48.5 Å². The van der Waals surface area contributed by atoms with Gasteiger partial charge in [-0.15, -0.1) is 0 Å². The molecule has 1 saturated heterocycles. The Labute approximate surface area is 151 Å². The lowest BCUT2D eigenvalue weighted by atomic mass is 10.1. The summed E-state index contributed by atoms with van der Waals surface area (Å²) in [5.41, 5.74) is 0.989. The van der Waals surface area contributed by atoms with Gasteiger partial charge in [-0.05, 0) is 31.0 Å². The van der Waals surface area contributed by atoms with E-state index in [0.717, 1.165) is 12.8 Å². The van der Waals surface area contributed by atoms with Gasteiger partial charge < -0.3 is 19.1 Å². The number of benzene rings is 2. The fourth-order valence-corrected chi connectivity index (χ4v) is 3.19. The van der Waals surface area contributed by atoms with Crippen molar-refractivity contribution >= 4 is 11.9 Å². The second-order valence-electron chi connectivity index (χ2n) is 6.30. The molecular formula is C20H19NO5. The van der Waals surface area contributed by atoms with Gasteiger partial charge in [-0.2, -0.15) is 0 Å². The molecule has 2 aromatic carbocycles. The molecule has 6 nitrogen and oxygen atoms in total. The molecule has 0 saturated carbocycles. The van der Waals surface area contributed by atoms with E-state index in [4.69, 9.17) is 14.2 Å². The Morgan fingerprint density at radius 3 is 2.46 bits per heavy atom. The predicted octanol–water partition coefficient (Wildman–Crippen LogP) is 2.94. The summed E-state index contributed by atoms with van der Waals surface area (Å²) in [4.78, 5) is 27.3. The lowest BCUT2D eigenvalue weighted by molar-refractivity contribution is -0.140. The number of amides is 1. The van der Waals surface area contributed by atoms with Gasteiger partial charge in [0, 0.05) is 18.7 Å². The molecular weight excluding hydrogens is 334 g/mol. The fraction of sp³-hybridized carbons (Fsp3) is 0.300. The molecule has 4 rings (SSSR count). The first-order valence-corrected chi connectivity index (χ1v) is 8.67. The molecule has 6 heteroatoms. The van der Waals surface area contributed by atoms with E-state index in [1.54, 1.807) is 35.2 Å². The van der Waals surface area contributed by atoms with Crippen LogP contribution in [0.5, 0.6) is 11.5 Å². The van der Waals surface area contributed by atoms with E-state index in [-0.39, 0.29) is 12.7 Å². The summed E-state index contributed by atoms with van der Waals surface area (Å²) < 4.78 is 16.2. The summed E-state index contributed by atoms with van der Waals surface area (Å²) in [6.45, 7) is 1.53. The molecule has 2 aliphatic rings. The summed E-state index contributed by atoms with van der Waals surface area (Å²) in [7, 11) is 0. The average molecular weight is 353 g/mol. The third-order valence-electron chi connectivity index (χ3n) is 4.58. The smallest absolute Gasteiger partial charge is 0.339 e. The largest absolute Gasteiger partial charge is 0.454 e. The Bertz CT molecular complexity index is 814. The normalized spacial score (nSPS) is 16.4. The predicted molar refractivity (Wildman–Crippen MR) is 93.0 cm³/mol. The summed E-state index contributed by atoms with van der Waals surface area (Å²) in [6.07, 6.45) is 0.999. The number of nitrogens with zero attached hydrogens (tertiary/aromatic N) is 1. The topological polar surface area (TPSA) is 65.1 Å². The molecule has 0 unspecified atom stereocenters. The number of hydrogen-bond acceptors (Lipinski definition) is 5. The van der Waals surface area contributed by atoms with E-state index >= 15 is 0 Å². The molecule has 1 amide bonds. The summed E-state index contributed by atoms with van der Waals surface area (Å²) in [5.74, 6) is 0.350. The maximum absolute atomic E-state index is 12.9. The molecule has 0 spiro atoms. The second kappa shape index (κ2) is 7.07. The zero-order chi connectivity index (χ0) is 17.9. The molecule has 1 fully saturated rings. The van der Waals surface area contributed by atoms with Gasteiger partial charge in [0.15, 0.2) is 11.5 Å². The molecule has 1 atom stereocenters. The summed E-state index contributed by atoms with van der Waals surface area (Å²) in [5, 5.41) is 0. The first-order valence-electron chi connectivity index (χ1n) is 8.67. The van der Waals surface area contributed by atoms with Gasteiger partial charge in [0.1, 0.15) is 0 Å². The molecule has 0 radical (unpaired) electrons. The lowest BCUT2D eigenvalue weighted by Crippen LogP contribution is -2.34. The van der Waals surface area contributed by atoms with Crippen molar-refractivity contribution < 1.29 is 23.8 Å². The van der Waals surface area contributed by atoms with Gasteiger partial charge in [0.05, 0.1) is 5.56 Å². The highest BCUT2D eigenvalue weighted by Gasteiger charge is 2.31. The van der Waals surface area contributed by atoms with Crippen LogP contribution in [0.1, 0.15) is 34.9 Å². The fourth-order valence-electron chi connectivity index (χ4n) is 3.19. The first kappa shape index (κ1) is 16.4. The SMILES string of the molecule is O=C(O[C@H](C(=O)N1CCCC1)c1ccccc1)c1ccc2c(c1)OCO2. The van der Waals surface area contributed by atoms with Gasteiger partial charge >= 0.3 is 5.97 Å². The van der Waals surface area contributed by atoms with Gasteiger partial charge in [-0.3, -0.25) is 4.79 Å². The zero-order valence-electron chi connectivity index (χ0n) is 14.2. The highest BCUT2D eigenvalue weighted by molar-refractivity contribution is 5.93. The lowest BCUT2D eigenvalue weighted by Gasteiger charge is -2.23. The molecule has 0 aliphatic carbocycles. The van der Waals surface area contributed by atoms with E-state index in [2.05, 4.69) is 0 Å². The number of fused-ring (bicyclic) bond motifs is 1. The van der Waals surface area contributed by atoms with Crippen LogP contribution in [0.2, 0.25) is 0 Å². The quantitative estimate of drug-likeness (QED) is 0.791. The molecule has 2 aromatic rings. The number of ether oxygens (including phenoxy) is 3. The first-order chi connectivity index (χ1) is 12.7. The second-order valence-corrected chi connectivity index (χ2v) is 6.30. The number of carbonyl (C=O) groups excluding carboxylic acids is 2. The molecule has 2 heterocycles. The van der Waals surface area contributed by atoms with Crippen molar-refractivity contribution in [3.63, 3.8) is 0 Å². The Morgan fingerprint density at radius 2 is 1.69 bits per heavy atom. The van der Waals surface area contributed by atoms with E-state index < -0.39 is 12.1 Å². The highest BCUT2D eigenvalue weighted by atomic mass is 16.7. The van der Waals surface area contributed by atoms with E-state index in [9.17, 15) is 9.59 Å². The summed E-state index contributed by atoms with van der Waals surface area (Å²) in [6, 6.07) is 14.0. The van der Waals surface area contributed by atoms with Crippen molar-refractivity contribution in [2.24, 2.45) is 0 Å². The molecule has 26 heavy (non-hydrogen) atoms. The maximum Gasteiger partial charge on any atom is 0.339 e. The van der Waals surface area contributed by atoms with Crippen LogP contribution in [0, 0.1) is 0 Å². The Morgan fingerprint density at radius 1 is 0.962 bits per heavy atom. The molecule has 134 valence electrons. The molecule has 0 aromatic heterocycles. The van der Waals surface area contributed by atoms with Crippen molar-refractivity contribution in [1.82, 2.24) is 4.90 Å². The van der Waals surface area contributed by atoms with Crippen LogP contribution >= 0.6 is 0 Å². The minimum atomic E-state index is -0.952. The van der Waals surface area contributed by atoms with E-state index in [0.29, 0.717) is 35.7 Å². The van der Waals surface area contributed by atoms with Crippen LogP contribution in [-0.2, 0) is 9.53 Å². The zero-order valence-corrected chi connectivity index (χ0v) is 14.2. The molecule has 0 bridgehead atoms. The Hall–Kier alpha value is -3.02. The summed E-state index contributed by atoms with van der Waals surface area (Å²) >= 11 is 0. The van der Waals surface area contributed by atoms with Crippen LogP contribution in [0.4, 0.5) is 0 Å². The van der Waals surface area contributed by atoms with E-state index in [1.807, 2.05) is 18.2 Å². The third-order valence-corrected chi connectivity index (χ3v) is 4.58. The maximum atomic E-state index is 12.9. The Kier molecular flexibility index (Phi) is 4.48. The van der Waals surface area contributed by atoms with Gasteiger partial charge in [0.2, 0.25) is 12.9 Å². The molecule has 2 aliphatic heterocycles. The van der Waals surface area contributed by atoms with Crippen molar-refractivity contribution in [1.29, 1.82) is 0 Å². The van der Waals surface area contributed by atoms with Crippen molar-refractivity contribution in [2.75, 3.05) is 19.9 Å². The number of rotatable bonds is 4. The van der Waals surface area contributed by atoms with Crippen LogP contribution in [0.3, 0.4) is 0 Å². The minimum Gasteiger partial charge on any atom is -0.454 e. The monoisotopic (exact) mass is 353 g/mol. The van der Waals surface area contributed by atoms with Gasteiger partial charge in [-0.1, -0.05) is 30.3 Å². The van der Waals surface area contributed by atoms with Crippen LogP contribution < -0.4 is 9.47 Å². The van der Waals surface area contributed by atoms with Gasteiger partial charge in [0.25, 0.3) is 5.91 Å². The standard InChI is InChI=1S/C20H19NO5/c22-19(21-10-4-5-11-21)18(14-6-2-1-3-7-14)26-20(23)15-8-9-16-17(12-15)25-13-24-16/h1-3,6-9,12,18H,4-5,10-11,13H2/t18-/m0/s1. The van der Waals surface area contributed by atoms with Crippen molar-refractivity contribution in [3.05, 3.63) is 59.7 Å². The number of likely N-dealkylation sites (tertiary alicyclic amines) is 1. The average Bonchev–Trinajstić information content (AvgIpc) is 3.37. The highest BCUT2D eigenvalue weighted by Crippen LogP contribution is 2.33. The van der Waals surface area contributed by atoms with Crippen molar-refractivity contribution in [2.45, 2.75) is 18.9 Å². The van der Waals surface area contributed by atoms with E-state index in [1.165, 1.54) is 0 Å². The minimum absolute atomic E-state index is 0.133. The third kappa shape index (κ3) is 3.22. The van der Waals surface area contributed by atoms with Gasteiger partial charge in [-0.25, -0.2) is 4.79 Å². The number of hydrogen-bond donors (Lipinski definition) is 0.